The Morgan fingerprint density at radius 3 is 2.48 bits per heavy atom. The van der Waals surface area contributed by atoms with Crippen molar-refractivity contribution in [1.29, 1.82) is 0 Å². The van der Waals surface area contributed by atoms with Gasteiger partial charge in [0.2, 0.25) is 0 Å². The third kappa shape index (κ3) is 5.17. The molecule has 0 amide bonds. The molecule has 1 unspecified atom stereocenters. The number of ether oxygens (including phenoxy) is 1. The van der Waals surface area contributed by atoms with Gasteiger partial charge in [0.25, 0.3) is 10.1 Å². The van der Waals surface area contributed by atoms with E-state index in [1.54, 1.807) is 30.5 Å². The minimum Gasteiger partial charge on any atom is -0.466 e. The number of benzene rings is 1. The minimum absolute atomic E-state index is 0.0520. The van der Waals surface area contributed by atoms with E-state index in [2.05, 4.69) is 4.18 Å². The van der Waals surface area contributed by atoms with Crippen molar-refractivity contribution in [3.63, 3.8) is 0 Å². The molecule has 2 aromatic rings. The number of hydrogen-bond donors (Lipinski definition) is 0. The minimum atomic E-state index is -3.47. The maximum atomic E-state index is 10.9. The Morgan fingerprint density at radius 2 is 1.90 bits per heavy atom. The molecule has 7 heteroatoms. The molecule has 0 aliphatic heterocycles. The van der Waals surface area contributed by atoms with Gasteiger partial charge in [-0.1, -0.05) is 23.7 Å². The zero-order valence-electron chi connectivity index (χ0n) is 11.4. The Morgan fingerprint density at radius 1 is 1.19 bits per heavy atom. The van der Waals surface area contributed by atoms with E-state index in [1.807, 2.05) is 12.1 Å². The van der Waals surface area contributed by atoms with Gasteiger partial charge in [0.1, 0.15) is 11.9 Å². The van der Waals surface area contributed by atoms with Crippen molar-refractivity contribution >= 4 is 21.7 Å². The monoisotopic (exact) mass is 330 g/mol. The predicted octanol–water partition coefficient (Wildman–Crippen LogP) is 3.02. The fraction of sp³-hybridized carbons (Fsp3) is 0.286. The molecule has 0 bridgehead atoms. The summed E-state index contributed by atoms with van der Waals surface area (Å²) < 4.78 is 37.5. The van der Waals surface area contributed by atoms with E-state index in [0.717, 1.165) is 11.8 Å². The fourth-order valence-corrected chi connectivity index (χ4v) is 2.27. The second kappa shape index (κ2) is 7.09. The van der Waals surface area contributed by atoms with Gasteiger partial charge in [0, 0.05) is 5.02 Å². The van der Waals surface area contributed by atoms with E-state index in [-0.39, 0.29) is 13.2 Å². The summed E-state index contributed by atoms with van der Waals surface area (Å²) in [5.74, 6) is 0.622. The summed E-state index contributed by atoms with van der Waals surface area (Å²) in [6, 6.07) is 10.7. The zero-order valence-corrected chi connectivity index (χ0v) is 12.9. The fourth-order valence-electron chi connectivity index (χ4n) is 1.77. The summed E-state index contributed by atoms with van der Waals surface area (Å²) in [5.41, 5.74) is 0.855. The molecule has 21 heavy (non-hydrogen) atoms. The van der Waals surface area contributed by atoms with Gasteiger partial charge in [0.15, 0.2) is 0 Å². The molecule has 0 fully saturated rings. The highest BCUT2D eigenvalue weighted by molar-refractivity contribution is 7.85. The molecule has 0 saturated carbocycles. The first-order valence-corrected chi connectivity index (χ1v) is 8.40. The Balaban J connectivity index is 2.05. The van der Waals surface area contributed by atoms with Gasteiger partial charge < -0.3 is 9.15 Å². The SMILES string of the molecule is CS(=O)(=O)OCCOC(c1ccc(Cl)cc1)c1ccco1. The zero-order chi connectivity index (χ0) is 15.3. The Bertz CT molecular complexity index is 649. The standard InChI is InChI=1S/C14H15ClO5S/c1-21(16,17)20-10-9-19-14(13-3-2-8-18-13)11-4-6-12(15)7-5-11/h2-8,14H,9-10H2,1H3. The van der Waals surface area contributed by atoms with Crippen LogP contribution in [0.1, 0.15) is 17.4 Å². The van der Waals surface area contributed by atoms with Crippen LogP contribution in [0.25, 0.3) is 0 Å². The van der Waals surface area contributed by atoms with Crippen molar-refractivity contribution in [2.24, 2.45) is 0 Å². The average Bonchev–Trinajstić information content (AvgIpc) is 2.93. The number of furan rings is 1. The van der Waals surface area contributed by atoms with Gasteiger partial charge in [-0.3, -0.25) is 4.18 Å². The van der Waals surface area contributed by atoms with Crippen LogP contribution in [0, 0.1) is 0 Å². The molecule has 1 heterocycles. The van der Waals surface area contributed by atoms with Crippen LogP contribution in [0.4, 0.5) is 0 Å². The highest BCUT2D eigenvalue weighted by atomic mass is 35.5. The third-order valence-electron chi connectivity index (χ3n) is 2.64. The summed E-state index contributed by atoms with van der Waals surface area (Å²) in [4.78, 5) is 0. The first-order valence-electron chi connectivity index (χ1n) is 6.20. The van der Waals surface area contributed by atoms with Crippen molar-refractivity contribution in [2.75, 3.05) is 19.5 Å². The molecule has 0 aliphatic carbocycles. The van der Waals surface area contributed by atoms with E-state index in [0.29, 0.717) is 10.8 Å². The van der Waals surface area contributed by atoms with Crippen molar-refractivity contribution in [3.8, 4) is 0 Å². The largest absolute Gasteiger partial charge is 0.466 e. The second-order valence-corrected chi connectivity index (χ2v) is 6.42. The maximum absolute atomic E-state index is 10.9. The van der Waals surface area contributed by atoms with E-state index < -0.39 is 16.2 Å². The molecule has 0 aliphatic rings. The van der Waals surface area contributed by atoms with Crippen molar-refractivity contribution in [2.45, 2.75) is 6.10 Å². The Labute approximate surface area is 128 Å². The lowest BCUT2D eigenvalue weighted by molar-refractivity contribution is 0.0455. The first kappa shape index (κ1) is 16.0. The number of halogens is 1. The smallest absolute Gasteiger partial charge is 0.264 e. The molecule has 0 N–H and O–H groups in total. The van der Waals surface area contributed by atoms with Gasteiger partial charge >= 0.3 is 0 Å². The van der Waals surface area contributed by atoms with Crippen LogP contribution >= 0.6 is 11.6 Å². The van der Waals surface area contributed by atoms with Crippen molar-refractivity contribution in [1.82, 2.24) is 0 Å². The van der Waals surface area contributed by atoms with E-state index in [1.165, 1.54) is 0 Å². The number of hydrogen-bond acceptors (Lipinski definition) is 5. The molecule has 5 nitrogen and oxygen atoms in total. The molecular weight excluding hydrogens is 316 g/mol. The molecule has 1 aromatic heterocycles. The third-order valence-corrected chi connectivity index (χ3v) is 3.49. The van der Waals surface area contributed by atoms with Gasteiger partial charge in [-0.15, -0.1) is 0 Å². The van der Waals surface area contributed by atoms with Crippen LogP contribution in [-0.4, -0.2) is 27.9 Å². The van der Waals surface area contributed by atoms with Gasteiger partial charge in [-0.05, 0) is 29.8 Å². The summed E-state index contributed by atoms with van der Waals surface area (Å²) in [5, 5.41) is 0.623. The molecule has 0 radical (unpaired) electrons. The van der Waals surface area contributed by atoms with Crippen molar-refractivity contribution < 1.29 is 21.8 Å². The Hall–Kier alpha value is -1.34. The average molecular weight is 331 g/mol. The van der Waals surface area contributed by atoms with Crippen LogP contribution in [0.15, 0.2) is 47.1 Å². The van der Waals surface area contributed by atoms with Crippen LogP contribution in [0.2, 0.25) is 5.02 Å². The van der Waals surface area contributed by atoms with Gasteiger partial charge in [0.05, 0.1) is 25.7 Å². The van der Waals surface area contributed by atoms with Crippen LogP contribution < -0.4 is 0 Å². The summed E-state index contributed by atoms with van der Waals surface area (Å²) in [6.07, 6.45) is 2.10. The maximum Gasteiger partial charge on any atom is 0.264 e. The lowest BCUT2D eigenvalue weighted by Gasteiger charge is -2.16. The summed E-state index contributed by atoms with van der Waals surface area (Å²) >= 11 is 5.87. The second-order valence-electron chi connectivity index (χ2n) is 4.34. The summed E-state index contributed by atoms with van der Waals surface area (Å²) in [6.45, 7) is 0.0602. The molecule has 2 rings (SSSR count). The lowest BCUT2D eigenvalue weighted by Crippen LogP contribution is -2.13. The molecule has 1 aromatic carbocycles. The molecule has 0 spiro atoms. The van der Waals surface area contributed by atoms with E-state index in [4.69, 9.17) is 20.8 Å². The van der Waals surface area contributed by atoms with Gasteiger partial charge in [-0.2, -0.15) is 8.42 Å². The molecule has 0 saturated heterocycles. The van der Waals surface area contributed by atoms with Gasteiger partial charge in [-0.25, -0.2) is 0 Å². The van der Waals surface area contributed by atoms with E-state index in [9.17, 15) is 8.42 Å². The van der Waals surface area contributed by atoms with Crippen LogP contribution in [0.5, 0.6) is 0 Å². The summed E-state index contributed by atoms with van der Waals surface area (Å²) in [7, 11) is -3.47. The van der Waals surface area contributed by atoms with Crippen molar-refractivity contribution in [3.05, 3.63) is 59.0 Å². The first-order chi connectivity index (χ1) is 9.96. The highest BCUT2D eigenvalue weighted by Crippen LogP contribution is 2.27. The highest BCUT2D eigenvalue weighted by Gasteiger charge is 2.17. The predicted molar refractivity (Wildman–Crippen MR) is 78.8 cm³/mol. The topological polar surface area (TPSA) is 65.7 Å². The van der Waals surface area contributed by atoms with Crippen LogP contribution in [-0.2, 0) is 19.0 Å². The van der Waals surface area contributed by atoms with E-state index >= 15 is 0 Å². The van der Waals surface area contributed by atoms with Crippen LogP contribution in [0.3, 0.4) is 0 Å². The lowest BCUT2D eigenvalue weighted by atomic mass is 10.1. The molecule has 114 valence electrons. The normalized spacial score (nSPS) is 13.2. The molecular formula is C14H15ClO5S. The molecule has 1 atom stereocenters. The number of rotatable bonds is 7. The Kier molecular flexibility index (Phi) is 5.41. The quantitative estimate of drug-likeness (QED) is 0.576.